The fourth-order valence-corrected chi connectivity index (χ4v) is 4.66. The SMILES string of the molecule is C[C@H]1Cc2cc(C(=O)Nc3cccc(Cl)c3Cl)ccc2N1S(C)(=O)=O. The van der Waals surface area contributed by atoms with E-state index >= 15 is 0 Å². The van der Waals surface area contributed by atoms with E-state index in [-0.39, 0.29) is 17.0 Å². The van der Waals surface area contributed by atoms with Crippen LogP contribution in [0.25, 0.3) is 0 Å². The number of halogens is 2. The normalized spacial score (nSPS) is 16.6. The Hall–Kier alpha value is -1.76. The Labute approximate surface area is 156 Å². The average Bonchev–Trinajstić information content (AvgIpc) is 2.86. The van der Waals surface area contributed by atoms with Gasteiger partial charge in [0.15, 0.2) is 0 Å². The molecular formula is C17H16Cl2N2O3S. The van der Waals surface area contributed by atoms with Crippen molar-refractivity contribution in [1.29, 1.82) is 0 Å². The van der Waals surface area contributed by atoms with Gasteiger partial charge in [-0.1, -0.05) is 29.3 Å². The fraction of sp³-hybridized carbons (Fsp3) is 0.235. The van der Waals surface area contributed by atoms with Crippen molar-refractivity contribution in [2.75, 3.05) is 15.9 Å². The van der Waals surface area contributed by atoms with E-state index in [4.69, 9.17) is 23.2 Å². The van der Waals surface area contributed by atoms with Crippen LogP contribution in [-0.4, -0.2) is 26.6 Å². The lowest BCUT2D eigenvalue weighted by Gasteiger charge is -2.21. The number of amides is 1. The number of fused-ring (bicyclic) bond motifs is 1. The van der Waals surface area contributed by atoms with E-state index in [1.54, 1.807) is 36.4 Å². The minimum absolute atomic E-state index is 0.175. The molecule has 3 rings (SSSR count). The van der Waals surface area contributed by atoms with Gasteiger partial charge in [0.1, 0.15) is 0 Å². The highest BCUT2D eigenvalue weighted by Crippen LogP contribution is 2.35. The number of carbonyl (C=O) groups is 1. The second kappa shape index (κ2) is 6.52. The quantitative estimate of drug-likeness (QED) is 0.850. The molecular weight excluding hydrogens is 383 g/mol. The number of benzene rings is 2. The number of sulfonamides is 1. The van der Waals surface area contributed by atoms with Crippen LogP contribution >= 0.6 is 23.2 Å². The molecule has 0 radical (unpaired) electrons. The van der Waals surface area contributed by atoms with Gasteiger partial charge in [0.25, 0.3) is 5.91 Å². The van der Waals surface area contributed by atoms with Crippen molar-refractivity contribution < 1.29 is 13.2 Å². The maximum Gasteiger partial charge on any atom is 0.255 e. The van der Waals surface area contributed by atoms with Crippen LogP contribution in [0.4, 0.5) is 11.4 Å². The molecule has 2 aromatic carbocycles. The molecule has 0 spiro atoms. The van der Waals surface area contributed by atoms with Crippen molar-refractivity contribution in [3.05, 3.63) is 57.6 Å². The summed E-state index contributed by atoms with van der Waals surface area (Å²) < 4.78 is 25.3. The highest BCUT2D eigenvalue weighted by Gasteiger charge is 2.32. The Kier molecular flexibility index (Phi) is 4.70. The summed E-state index contributed by atoms with van der Waals surface area (Å²) >= 11 is 12.0. The molecule has 1 amide bonds. The summed E-state index contributed by atoms with van der Waals surface area (Å²) in [5.74, 6) is -0.336. The first-order valence-corrected chi connectivity index (χ1v) is 10.2. The van der Waals surface area contributed by atoms with Gasteiger partial charge in [-0.3, -0.25) is 9.10 Å². The summed E-state index contributed by atoms with van der Waals surface area (Å²) in [4.78, 5) is 12.5. The van der Waals surface area contributed by atoms with Crippen LogP contribution in [0.1, 0.15) is 22.8 Å². The van der Waals surface area contributed by atoms with E-state index in [2.05, 4.69) is 5.32 Å². The zero-order valence-electron chi connectivity index (χ0n) is 13.6. The molecule has 0 unspecified atom stereocenters. The molecule has 8 heteroatoms. The first-order valence-electron chi connectivity index (χ1n) is 7.56. The molecule has 0 aliphatic carbocycles. The predicted octanol–water partition coefficient (Wildman–Crippen LogP) is 3.96. The van der Waals surface area contributed by atoms with Gasteiger partial charge >= 0.3 is 0 Å². The number of anilines is 2. The van der Waals surface area contributed by atoms with Crippen molar-refractivity contribution in [1.82, 2.24) is 0 Å². The number of hydrogen-bond donors (Lipinski definition) is 1. The van der Waals surface area contributed by atoms with Gasteiger partial charge in [0, 0.05) is 11.6 Å². The lowest BCUT2D eigenvalue weighted by atomic mass is 10.1. The molecule has 1 aliphatic heterocycles. The Balaban J connectivity index is 1.90. The van der Waals surface area contributed by atoms with E-state index in [9.17, 15) is 13.2 Å². The number of hydrogen-bond acceptors (Lipinski definition) is 3. The molecule has 0 bridgehead atoms. The van der Waals surface area contributed by atoms with Crippen molar-refractivity contribution in [3.8, 4) is 0 Å². The van der Waals surface area contributed by atoms with Crippen LogP contribution in [-0.2, 0) is 16.4 Å². The third-order valence-electron chi connectivity index (χ3n) is 4.05. The lowest BCUT2D eigenvalue weighted by Crippen LogP contribution is -2.34. The van der Waals surface area contributed by atoms with Gasteiger partial charge in [-0.05, 0) is 49.2 Å². The first-order chi connectivity index (χ1) is 11.7. The van der Waals surface area contributed by atoms with Crippen molar-refractivity contribution in [2.24, 2.45) is 0 Å². The molecule has 0 fully saturated rings. The van der Waals surface area contributed by atoms with Crippen LogP contribution in [0.5, 0.6) is 0 Å². The summed E-state index contributed by atoms with van der Waals surface area (Å²) in [6, 6.07) is 9.79. The molecule has 5 nitrogen and oxygen atoms in total. The molecule has 2 aromatic rings. The van der Waals surface area contributed by atoms with Gasteiger partial charge in [0.05, 0.1) is 27.7 Å². The van der Waals surface area contributed by atoms with Crippen LogP contribution in [0, 0.1) is 0 Å². The summed E-state index contributed by atoms with van der Waals surface area (Å²) in [6.45, 7) is 1.84. The summed E-state index contributed by atoms with van der Waals surface area (Å²) in [7, 11) is -3.36. The Morgan fingerprint density at radius 3 is 2.64 bits per heavy atom. The van der Waals surface area contributed by atoms with E-state index < -0.39 is 10.0 Å². The Morgan fingerprint density at radius 2 is 1.96 bits per heavy atom. The Morgan fingerprint density at radius 1 is 1.24 bits per heavy atom. The second-order valence-corrected chi connectivity index (χ2v) is 8.66. The highest BCUT2D eigenvalue weighted by molar-refractivity contribution is 7.92. The molecule has 1 N–H and O–H groups in total. The summed E-state index contributed by atoms with van der Waals surface area (Å²) in [6.07, 6.45) is 1.74. The Bertz CT molecular complexity index is 960. The topological polar surface area (TPSA) is 66.5 Å². The maximum atomic E-state index is 12.5. The summed E-state index contributed by atoms with van der Waals surface area (Å²) in [5, 5.41) is 3.35. The highest BCUT2D eigenvalue weighted by atomic mass is 35.5. The fourth-order valence-electron chi connectivity index (χ4n) is 3.04. The first kappa shape index (κ1) is 18.0. The van der Waals surface area contributed by atoms with Crippen molar-refractivity contribution >= 4 is 50.5 Å². The van der Waals surface area contributed by atoms with Gasteiger partial charge < -0.3 is 5.32 Å². The standard InChI is InChI=1S/C17H16Cl2N2O3S/c1-10-8-12-9-11(6-7-15(12)21(10)25(2,23)24)17(22)20-14-5-3-4-13(18)16(14)19/h3-7,9-10H,8H2,1-2H3,(H,20,22)/t10-/m0/s1. The largest absolute Gasteiger partial charge is 0.321 e. The predicted molar refractivity (Wildman–Crippen MR) is 101 cm³/mol. The zero-order chi connectivity index (χ0) is 18.4. The van der Waals surface area contributed by atoms with Crippen LogP contribution in [0.2, 0.25) is 10.0 Å². The number of rotatable bonds is 3. The molecule has 1 aliphatic rings. The van der Waals surface area contributed by atoms with E-state index in [1.165, 1.54) is 10.6 Å². The maximum absolute atomic E-state index is 12.5. The van der Waals surface area contributed by atoms with Gasteiger partial charge in [-0.15, -0.1) is 0 Å². The third-order valence-corrected chi connectivity index (χ3v) is 6.14. The molecule has 0 aromatic heterocycles. The van der Waals surface area contributed by atoms with Crippen LogP contribution in [0.3, 0.4) is 0 Å². The van der Waals surface area contributed by atoms with Crippen LogP contribution < -0.4 is 9.62 Å². The van der Waals surface area contributed by atoms with Crippen LogP contribution in [0.15, 0.2) is 36.4 Å². The zero-order valence-corrected chi connectivity index (χ0v) is 15.9. The monoisotopic (exact) mass is 398 g/mol. The van der Waals surface area contributed by atoms with E-state index in [0.717, 1.165) is 5.56 Å². The summed E-state index contributed by atoms with van der Waals surface area (Å²) in [5.41, 5.74) is 2.29. The number of nitrogens with zero attached hydrogens (tertiary/aromatic N) is 1. The average molecular weight is 399 g/mol. The molecule has 132 valence electrons. The lowest BCUT2D eigenvalue weighted by molar-refractivity contribution is 0.102. The molecule has 0 saturated heterocycles. The smallest absolute Gasteiger partial charge is 0.255 e. The third kappa shape index (κ3) is 3.47. The second-order valence-electron chi connectivity index (χ2n) is 6.01. The van der Waals surface area contributed by atoms with Gasteiger partial charge in [0.2, 0.25) is 10.0 Å². The van der Waals surface area contributed by atoms with E-state index in [0.29, 0.717) is 28.4 Å². The molecule has 25 heavy (non-hydrogen) atoms. The van der Waals surface area contributed by atoms with E-state index in [1.807, 2.05) is 6.92 Å². The molecule has 0 saturated carbocycles. The minimum atomic E-state index is -3.36. The number of carbonyl (C=O) groups excluding carboxylic acids is 1. The molecule has 1 atom stereocenters. The minimum Gasteiger partial charge on any atom is -0.321 e. The van der Waals surface area contributed by atoms with Gasteiger partial charge in [-0.25, -0.2) is 8.42 Å². The molecule has 1 heterocycles. The van der Waals surface area contributed by atoms with Gasteiger partial charge in [-0.2, -0.15) is 0 Å². The number of nitrogens with one attached hydrogen (secondary N) is 1. The van der Waals surface area contributed by atoms with Crippen molar-refractivity contribution in [3.63, 3.8) is 0 Å². The van der Waals surface area contributed by atoms with Crippen molar-refractivity contribution in [2.45, 2.75) is 19.4 Å².